The summed E-state index contributed by atoms with van der Waals surface area (Å²) in [6.07, 6.45) is 2.19. The molecule has 0 spiro atoms. The fourth-order valence-electron chi connectivity index (χ4n) is 2.72. The zero-order valence-corrected chi connectivity index (χ0v) is 14.9. The largest absolute Gasteiger partial charge is 0.297 e. The second-order valence-electron chi connectivity index (χ2n) is 5.87. The molecule has 0 aliphatic heterocycles. The van der Waals surface area contributed by atoms with Crippen molar-refractivity contribution in [1.29, 1.82) is 0 Å². The van der Waals surface area contributed by atoms with Gasteiger partial charge in [0.2, 0.25) is 0 Å². The molecule has 0 saturated heterocycles. The van der Waals surface area contributed by atoms with E-state index in [1.54, 1.807) is 26.0 Å². The normalized spacial score (nSPS) is 11.9. The molecule has 0 amide bonds. The third kappa shape index (κ3) is 4.92. The van der Waals surface area contributed by atoms with Gasteiger partial charge in [0.05, 0.1) is 4.90 Å². The van der Waals surface area contributed by atoms with Gasteiger partial charge in [-0.25, -0.2) is 0 Å². The van der Waals surface area contributed by atoms with Crippen LogP contribution >= 0.6 is 0 Å². The average molecular weight is 326 g/mol. The molecule has 0 fully saturated rings. The molecule has 0 heterocycles. The summed E-state index contributed by atoms with van der Waals surface area (Å²) in [4.78, 5) is 12.1. The summed E-state index contributed by atoms with van der Waals surface area (Å²) in [5.74, 6) is 0.126. The molecule has 1 rings (SSSR count). The van der Waals surface area contributed by atoms with Crippen molar-refractivity contribution in [2.45, 2.75) is 58.8 Å². The number of ketones is 1. The van der Waals surface area contributed by atoms with Crippen LogP contribution < -0.4 is 0 Å². The van der Waals surface area contributed by atoms with Crippen LogP contribution in [0.1, 0.15) is 49.8 Å². The zero-order valence-electron chi connectivity index (χ0n) is 14.1. The Labute approximate surface area is 134 Å². The van der Waals surface area contributed by atoms with E-state index in [4.69, 9.17) is 4.18 Å². The van der Waals surface area contributed by atoms with Crippen molar-refractivity contribution in [3.63, 3.8) is 0 Å². The lowest BCUT2D eigenvalue weighted by atomic mass is 9.97. The number of carbonyl (C=O) groups is 1. The van der Waals surface area contributed by atoms with Crippen LogP contribution in [-0.4, -0.2) is 20.8 Å². The third-order valence-electron chi connectivity index (χ3n) is 3.90. The monoisotopic (exact) mass is 326 g/mol. The Bertz CT molecular complexity index is 605. The molecule has 1 aromatic rings. The van der Waals surface area contributed by atoms with E-state index in [0.29, 0.717) is 23.5 Å². The van der Waals surface area contributed by atoms with Crippen molar-refractivity contribution in [3.05, 3.63) is 28.8 Å². The fraction of sp³-hybridized carbons (Fsp3) is 0.588. The molecule has 0 N–H and O–H groups in total. The highest BCUT2D eigenvalue weighted by Gasteiger charge is 2.22. The number of benzene rings is 1. The maximum absolute atomic E-state index is 12.3. The number of hydrogen-bond donors (Lipinski definition) is 0. The first-order valence-electron chi connectivity index (χ1n) is 7.70. The predicted molar refractivity (Wildman–Crippen MR) is 87.5 cm³/mol. The van der Waals surface area contributed by atoms with E-state index in [9.17, 15) is 13.2 Å². The Hall–Kier alpha value is -1.20. The Morgan fingerprint density at radius 3 is 2.05 bits per heavy atom. The minimum Gasteiger partial charge on any atom is -0.297 e. The van der Waals surface area contributed by atoms with E-state index in [-0.39, 0.29) is 17.3 Å². The minimum atomic E-state index is -3.90. The first kappa shape index (κ1) is 18.8. The van der Waals surface area contributed by atoms with E-state index >= 15 is 0 Å². The zero-order chi connectivity index (χ0) is 16.9. The summed E-state index contributed by atoms with van der Waals surface area (Å²) in [7, 11) is -3.90. The van der Waals surface area contributed by atoms with Crippen LogP contribution in [0, 0.1) is 26.7 Å². The van der Waals surface area contributed by atoms with Gasteiger partial charge in [0.15, 0.2) is 5.78 Å². The van der Waals surface area contributed by atoms with E-state index in [1.165, 1.54) is 0 Å². The highest BCUT2D eigenvalue weighted by atomic mass is 32.2. The van der Waals surface area contributed by atoms with Gasteiger partial charge in [-0.1, -0.05) is 44.4 Å². The van der Waals surface area contributed by atoms with Crippen LogP contribution in [0.3, 0.4) is 0 Å². The van der Waals surface area contributed by atoms with Crippen molar-refractivity contribution >= 4 is 15.9 Å². The Morgan fingerprint density at radius 1 is 1.09 bits per heavy atom. The summed E-state index contributed by atoms with van der Waals surface area (Å²) < 4.78 is 29.7. The molecule has 0 atom stereocenters. The maximum atomic E-state index is 12.3. The predicted octanol–water partition coefficient (Wildman–Crippen LogP) is 3.71. The number of aryl methyl sites for hydroxylation is 3. The Kier molecular flexibility index (Phi) is 6.75. The van der Waals surface area contributed by atoms with Crippen molar-refractivity contribution in [1.82, 2.24) is 0 Å². The van der Waals surface area contributed by atoms with E-state index in [2.05, 4.69) is 0 Å². The van der Waals surface area contributed by atoms with Gasteiger partial charge in [-0.2, -0.15) is 8.42 Å². The van der Waals surface area contributed by atoms with Gasteiger partial charge in [-0.3, -0.25) is 8.98 Å². The molecule has 0 aromatic heterocycles. The lowest BCUT2D eigenvalue weighted by Crippen LogP contribution is -2.18. The molecule has 0 radical (unpaired) electrons. The van der Waals surface area contributed by atoms with Crippen molar-refractivity contribution in [2.75, 3.05) is 6.61 Å². The van der Waals surface area contributed by atoms with Crippen molar-refractivity contribution < 1.29 is 17.4 Å². The van der Waals surface area contributed by atoms with E-state index in [0.717, 1.165) is 18.4 Å². The highest BCUT2D eigenvalue weighted by Crippen LogP contribution is 2.23. The smallest absolute Gasteiger partial charge is 0.297 e. The molecule has 4 nitrogen and oxygen atoms in total. The summed E-state index contributed by atoms with van der Waals surface area (Å²) in [5, 5.41) is 0. The Morgan fingerprint density at radius 2 is 1.59 bits per heavy atom. The van der Waals surface area contributed by atoms with Crippen LogP contribution in [0.2, 0.25) is 0 Å². The molecule has 0 saturated carbocycles. The lowest BCUT2D eigenvalue weighted by Gasteiger charge is -2.13. The molecule has 0 unspecified atom stereocenters. The summed E-state index contributed by atoms with van der Waals surface area (Å²) in [6, 6.07) is 3.60. The molecule has 1 aromatic carbocycles. The van der Waals surface area contributed by atoms with E-state index in [1.807, 2.05) is 20.8 Å². The SMILES string of the molecule is CCC(CC)CC(=O)COS(=O)(=O)c1c(C)cc(C)cc1C. The first-order chi connectivity index (χ1) is 10.2. The highest BCUT2D eigenvalue weighted by molar-refractivity contribution is 7.86. The standard InChI is InChI=1S/C17H26O4S/c1-6-15(7-2)10-16(18)11-21-22(19,20)17-13(4)8-12(3)9-14(17)5/h8-9,15H,6-7,10-11H2,1-5H3. The van der Waals surface area contributed by atoms with Gasteiger partial charge < -0.3 is 0 Å². The quantitative estimate of drug-likeness (QED) is 0.683. The molecule has 0 aliphatic carbocycles. The van der Waals surface area contributed by atoms with Crippen LogP contribution in [0.25, 0.3) is 0 Å². The Balaban J connectivity index is 2.83. The van der Waals surface area contributed by atoms with Crippen LogP contribution in [0.5, 0.6) is 0 Å². The first-order valence-corrected chi connectivity index (χ1v) is 9.11. The second-order valence-corrected chi connectivity index (χ2v) is 7.42. The van der Waals surface area contributed by atoms with Crippen LogP contribution in [0.4, 0.5) is 0 Å². The van der Waals surface area contributed by atoms with Gasteiger partial charge in [-0.15, -0.1) is 0 Å². The molecule has 0 aliphatic rings. The topological polar surface area (TPSA) is 60.4 Å². The van der Waals surface area contributed by atoms with Gasteiger partial charge in [-0.05, 0) is 37.8 Å². The second kappa shape index (κ2) is 7.88. The number of hydrogen-bond acceptors (Lipinski definition) is 4. The van der Waals surface area contributed by atoms with E-state index < -0.39 is 10.1 Å². The van der Waals surface area contributed by atoms with Crippen molar-refractivity contribution in [2.24, 2.45) is 5.92 Å². The van der Waals surface area contributed by atoms with Crippen molar-refractivity contribution in [3.8, 4) is 0 Å². The third-order valence-corrected chi connectivity index (χ3v) is 5.47. The fourth-order valence-corrected chi connectivity index (χ4v) is 4.03. The summed E-state index contributed by atoms with van der Waals surface area (Å²) in [6.45, 7) is 9.06. The number of rotatable bonds is 8. The number of Topliss-reactive ketones (excluding diaryl/α,β-unsaturated/α-hetero) is 1. The summed E-state index contributed by atoms with van der Waals surface area (Å²) in [5.41, 5.74) is 2.29. The molecule has 22 heavy (non-hydrogen) atoms. The lowest BCUT2D eigenvalue weighted by molar-refractivity contribution is -0.121. The van der Waals surface area contributed by atoms with Gasteiger partial charge in [0.1, 0.15) is 6.61 Å². The van der Waals surface area contributed by atoms with Crippen LogP contribution in [0.15, 0.2) is 17.0 Å². The molecular formula is C17H26O4S. The molecule has 0 bridgehead atoms. The molecule has 124 valence electrons. The van der Waals surface area contributed by atoms with Crippen LogP contribution in [-0.2, 0) is 19.1 Å². The molecule has 5 heteroatoms. The molecular weight excluding hydrogens is 300 g/mol. The minimum absolute atomic E-state index is 0.167. The average Bonchev–Trinajstić information content (AvgIpc) is 2.41. The van der Waals surface area contributed by atoms with Gasteiger partial charge in [0.25, 0.3) is 10.1 Å². The van der Waals surface area contributed by atoms with Gasteiger partial charge >= 0.3 is 0 Å². The van der Waals surface area contributed by atoms with Gasteiger partial charge in [0, 0.05) is 6.42 Å². The maximum Gasteiger partial charge on any atom is 0.297 e. The number of carbonyl (C=O) groups excluding carboxylic acids is 1. The summed E-state index contributed by atoms with van der Waals surface area (Å²) >= 11 is 0.